The van der Waals surface area contributed by atoms with Crippen LogP contribution in [0.5, 0.6) is 0 Å². The van der Waals surface area contributed by atoms with Crippen LogP contribution in [0.15, 0.2) is 57.1 Å². The van der Waals surface area contributed by atoms with E-state index < -0.39 is 0 Å². The van der Waals surface area contributed by atoms with Crippen molar-refractivity contribution in [3.63, 3.8) is 0 Å². The van der Waals surface area contributed by atoms with E-state index in [0.717, 1.165) is 22.6 Å². The van der Waals surface area contributed by atoms with Crippen molar-refractivity contribution in [3.8, 4) is 0 Å². The molecule has 0 aliphatic rings. The summed E-state index contributed by atoms with van der Waals surface area (Å²) >= 11 is 2.51. The van der Waals surface area contributed by atoms with Gasteiger partial charge in [0.25, 0.3) is 5.91 Å². The fourth-order valence-corrected chi connectivity index (χ4v) is 3.64. The number of rotatable bonds is 4. The van der Waals surface area contributed by atoms with E-state index in [1.807, 2.05) is 53.4 Å². The molecule has 0 saturated heterocycles. The normalized spacial score (nSPS) is 11.8. The molecular weight excluding hydrogens is 330 g/mol. The predicted octanol–water partition coefficient (Wildman–Crippen LogP) is 2.26. The first-order valence-electron chi connectivity index (χ1n) is 7.04. The lowest BCUT2D eigenvalue weighted by molar-refractivity contribution is -0.118. The lowest BCUT2D eigenvalue weighted by Crippen LogP contribution is -2.22. The molecule has 3 rings (SSSR count). The quantitative estimate of drug-likeness (QED) is 0.728. The molecular formula is C16H15N3O2S2. The summed E-state index contributed by atoms with van der Waals surface area (Å²) in [6.07, 6.45) is 1.91. The van der Waals surface area contributed by atoms with Crippen LogP contribution in [0, 0.1) is 6.92 Å². The van der Waals surface area contributed by atoms with E-state index in [1.54, 1.807) is 5.38 Å². The molecule has 0 unspecified atom stereocenters. The first-order chi connectivity index (χ1) is 11.1. The number of nitrogens with zero attached hydrogens (tertiary/aromatic N) is 3. The summed E-state index contributed by atoms with van der Waals surface area (Å²) in [4.78, 5) is 28.5. The van der Waals surface area contributed by atoms with Crippen LogP contribution >= 0.6 is 22.7 Å². The highest BCUT2D eigenvalue weighted by molar-refractivity contribution is 7.07. The van der Waals surface area contributed by atoms with E-state index >= 15 is 0 Å². The van der Waals surface area contributed by atoms with E-state index in [-0.39, 0.29) is 17.3 Å². The van der Waals surface area contributed by atoms with Gasteiger partial charge in [0.15, 0.2) is 4.80 Å². The second kappa shape index (κ2) is 6.89. The molecule has 7 heteroatoms. The molecule has 0 bridgehead atoms. The highest BCUT2D eigenvalue weighted by Crippen LogP contribution is 2.03. The van der Waals surface area contributed by atoms with E-state index in [9.17, 15) is 9.59 Å². The van der Waals surface area contributed by atoms with Gasteiger partial charge in [-0.1, -0.05) is 41.7 Å². The predicted molar refractivity (Wildman–Crippen MR) is 91.7 cm³/mol. The van der Waals surface area contributed by atoms with Crippen LogP contribution in [0.3, 0.4) is 0 Å². The van der Waals surface area contributed by atoms with Crippen LogP contribution in [-0.4, -0.2) is 15.0 Å². The van der Waals surface area contributed by atoms with Gasteiger partial charge in [-0.05, 0) is 12.5 Å². The van der Waals surface area contributed by atoms with Gasteiger partial charge in [-0.2, -0.15) is 4.99 Å². The van der Waals surface area contributed by atoms with Gasteiger partial charge >= 0.3 is 4.87 Å². The maximum atomic E-state index is 12.2. The lowest BCUT2D eigenvalue weighted by Gasteiger charge is -2.03. The van der Waals surface area contributed by atoms with E-state index in [4.69, 9.17) is 0 Å². The highest BCUT2D eigenvalue weighted by Gasteiger charge is 2.08. The first kappa shape index (κ1) is 15.6. The maximum Gasteiger partial charge on any atom is 0.307 e. The maximum absolute atomic E-state index is 12.2. The number of carbonyl (C=O) groups excluding carboxylic acids is 1. The minimum absolute atomic E-state index is 0.0165. The number of carbonyl (C=O) groups is 1. The molecule has 23 heavy (non-hydrogen) atoms. The van der Waals surface area contributed by atoms with Crippen molar-refractivity contribution in [3.05, 3.63) is 73.0 Å². The van der Waals surface area contributed by atoms with Gasteiger partial charge in [-0.15, -0.1) is 11.3 Å². The van der Waals surface area contributed by atoms with Gasteiger partial charge in [0.05, 0.1) is 0 Å². The van der Waals surface area contributed by atoms with Crippen molar-refractivity contribution >= 4 is 28.6 Å². The third kappa shape index (κ3) is 3.75. The summed E-state index contributed by atoms with van der Waals surface area (Å²) in [5.41, 5.74) is 1.93. The minimum atomic E-state index is -0.321. The molecule has 0 radical (unpaired) electrons. The summed E-state index contributed by atoms with van der Waals surface area (Å²) in [6.45, 7) is 2.46. The summed E-state index contributed by atoms with van der Waals surface area (Å²) < 4.78 is 3.38. The van der Waals surface area contributed by atoms with Gasteiger partial charge in [-0.25, -0.2) is 0 Å². The second-order valence-electron chi connectivity index (χ2n) is 5.03. The van der Waals surface area contributed by atoms with Crippen LogP contribution in [0.4, 0.5) is 0 Å². The smallest absolute Gasteiger partial charge is 0.307 e. The Kier molecular flexibility index (Phi) is 4.68. The Balaban J connectivity index is 1.82. The lowest BCUT2D eigenvalue weighted by atomic mass is 10.2. The molecule has 0 aliphatic carbocycles. The molecule has 5 nitrogen and oxygen atoms in total. The van der Waals surface area contributed by atoms with Crippen molar-refractivity contribution in [2.45, 2.75) is 20.0 Å². The Labute approximate surface area is 140 Å². The topological polar surface area (TPSA) is 56.4 Å². The zero-order valence-electron chi connectivity index (χ0n) is 12.5. The van der Waals surface area contributed by atoms with Crippen molar-refractivity contribution in [1.82, 2.24) is 9.13 Å². The van der Waals surface area contributed by atoms with Gasteiger partial charge in [0.2, 0.25) is 0 Å². The number of hydrogen-bond donors (Lipinski definition) is 0. The Morgan fingerprint density at radius 3 is 2.70 bits per heavy atom. The summed E-state index contributed by atoms with van der Waals surface area (Å²) in [7, 11) is 0. The largest absolute Gasteiger partial charge is 0.319 e. The fourth-order valence-electron chi connectivity index (χ4n) is 2.16. The Morgan fingerprint density at radius 2 is 2.00 bits per heavy atom. The molecule has 2 aromatic heterocycles. The number of thiazole rings is 2. The molecule has 1 amide bonds. The zero-order valence-corrected chi connectivity index (χ0v) is 14.1. The van der Waals surface area contributed by atoms with Crippen LogP contribution < -0.4 is 9.67 Å². The average Bonchev–Trinajstić information content (AvgIpc) is 3.10. The third-order valence-corrected chi connectivity index (χ3v) is 5.02. The summed E-state index contributed by atoms with van der Waals surface area (Å²) in [5, 5.41) is 3.65. The van der Waals surface area contributed by atoms with Gasteiger partial charge in [0, 0.05) is 29.2 Å². The molecule has 118 valence electrons. The molecule has 0 saturated carbocycles. The van der Waals surface area contributed by atoms with Crippen LogP contribution in [-0.2, 0) is 17.9 Å². The molecule has 1 aromatic carbocycles. The SMILES string of the molecule is Cc1csc(=O)n1CC(=O)N=c1sccn1Cc1ccccc1. The first-order valence-corrected chi connectivity index (χ1v) is 8.80. The van der Waals surface area contributed by atoms with E-state index in [1.165, 1.54) is 15.9 Å². The average molecular weight is 345 g/mol. The Bertz CT molecular complexity index is 932. The molecule has 2 heterocycles. The number of benzene rings is 1. The van der Waals surface area contributed by atoms with Gasteiger partial charge in [-0.3, -0.25) is 14.2 Å². The Morgan fingerprint density at radius 1 is 1.22 bits per heavy atom. The van der Waals surface area contributed by atoms with Crippen molar-refractivity contribution in [2.75, 3.05) is 0 Å². The van der Waals surface area contributed by atoms with E-state index in [0.29, 0.717) is 11.3 Å². The van der Waals surface area contributed by atoms with Crippen LogP contribution in [0.1, 0.15) is 11.3 Å². The third-order valence-electron chi connectivity index (χ3n) is 3.35. The number of hydrogen-bond acceptors (Lipinski definition) is 4. The minimum Gasteiger partial charge on any atom is -0.319 e. The number of amides is 1. The molecule has 0 aliphatic heterocycles. The van der Waals surface area contributed by atoms with E-state index in [2.05, 4.69) is 4.99 Å². The number of aryl methyl sites for hydroxylation is 1. The van der Waals surface area contributed by atoms with Crippen molar-refractivity contribution in [1.29, 1.82) is 0 Å². The van der Waals surface area contributed by atoms with Crippen molar-refractivity contribution in [2.24, 2.45) is 4.99 Å². The monoisotopic (exact) mass is 345 g/mol. The molecule has 3 aromatic rings. The van der Waals surface area contributed by atoms with Gasteiger partial charge in [0.1, 0.15) is 6.54 Å². The van der Waals surface area contributed by atoms with Gasteiger partial charge < -0.3 is 4.57 Å². The highest BCUT2D eigenvalue weighted by atomic mass is 32.1. The molecule has 0 spiro atoms. The Hall–Kier alpha value is -2.25. The standard InChI is InChI=1S/C16H15N3O2S2/c1-12-11-23-16(21)19(12)10-14(20)17-15-18(7-8-22-15)9-13-5-3-2-4-6-13/h2-8,11H,9-10H2,1H3. The molecule has 0 fully saturated rings. The second-order valence-corrected chi connectivity index (χ2v) is 6.73. The fraction of sp³-hybridized carbons (Fsp3) is 0.188. The summed E-state index contributed by atoms with van der Waals surface area (Å²) in [5.74, 6) is -0.321. The number of aromatic nitrogens is 2. The molecule has 0 atom stereocenters. The van der Waals surface area contributed by atoms with Crippen LogP contribution in [0.2, 0.25) is 0 Å². The zero-order chi connectivity index (χ0) is 16.2. The summed E-state index contributed by atoms with van der Waals surface area (Å²) in [6, 6.07) is 10.00. The molecule has 0 N–H and O–H groups in total. The van der Waals surface area contributed by atoms with Crippen molar-refractivity contribution < 1.29 is 4.79 Å². The van der Waals surface area contributed by atoms with Crippen LogP contribution in [0.25, 0.3) is 0 Å².